The van der Waals surface area contributed by atoms with E-state index in [0.29, 0.717) is 16.9 Å². The van der Waals surface area contributed by atoms with Gasteiger partial charge in [-0.25, -0.2) is 9.37 Å². The summed E-state index contributed by atoms with van der Waals surface area (Å²) < 4.78 is 15.7. The molecule has 1 amide bonds. The van der Waals surface area contributed by atoms with Gasteiger partial charge in [0.15, 0.2) is 4.77 Å². The van der Waals surface area contributed by atoms with Gasteiger partial charge in [0.05, 0.1) is 16.6 Å². The van der Waals surface area contributed by atoms with E-state index in [4.69, 9.17) is 17.2 Å². The summed E-state index contributed by atoms with van der Waals surface area (Å²) in [6.07, 6.45) is 0.875. The summed E-state index contributed by atoms with van der Waals surface area (Å²) in [6, 6.07) is 20.2. The number of benzene rings is 3. The second-order valence-corrected chi connectivity index (χ2v) is 9.75. The van der Waals surface area contributed by atoms with Gasteiger partial charge in [0.1, 0.15) is 11.5 Å². The highest BCUT2D eigenvalue weighted by molar-refractivity contribution is 7.71. The molecule has 2 N–H and O–H groups in total. The average Bonchev–Trinajstić information content (AvgIpc) is 3.32. The zero-order valence-electron chi connectivity index (χ0n) is 20.3. The lowest BCUT2D eigenvalue weighted by atomic mass is 10.1. The number of para-hydroxylation sites is 2. The Kier molecular flexibility index (Phi) is 6.31. The molecule has 3 aromatic carbocycles. The minimum Gasteiger partial charge on any atom is -0.369 e. The van der Waals surface area contributed by atoms with E-state index in [2.05, 4.69) is 20.1 Å². The smallest absolute Gasteiger partial charge is 0.251 e. The molecule has 188 valence electrons. The van der Waals surface area contributed by atoms with Crippen molar-refractivity contribution in [2.24, 2.45) is 0 Å². The number of fused-ring (bicyclic) bond motifs is 5. The summed E-state index contributed by atoms with van der Waals surface area (Å²) in [5.74, 6) is -0.309. The van der Waals surface area contributed by atoms with Gasteiger partial charge in [0, 0.05) is 49.4 Å². The van der Waals surface area contributed by atoms with Crippen LogP contribution in [-0.4, -0.2) is 64.4 Å². The summed E-state index contributed by atoms with van der Waals surface area (Å²) >= 11 is 5.60. The zero-order valence-corrected chi connectivity index (χ0v) is 21.1. The number of rotatable bonds is 6. The predicted octanol–water partition coefficient (Wildman–Crippen LogP) is 4.78. The van der Waals surface area contributed by atoms with E-state index < -0.39 is 0 Å². The summed E-state index contributed by atoms with van der Waals surface area (Å²) in [6.45, 7) is 5.26. The lowest BCUT2D eigenvalue weighted by Gasteiger charge is -2.36. The van der Waals surface area contributed by atoms with E-state index in [1.54, 1.807) is 0 Å². The van der Waals surface area contributed by atoms with Crippen LogP contribution in [-0.2, 0) is 0 Å². The number of aromatic nitrogens is 3. The first kappa shape index (κ1) is 23.6. The Morgan fingerprint density at radius 3 is 2.62 bits per heavy atom. The first-order valence-electron chi connectivity index (χ1n) is 12.5. The van der Waals surface area contributed by atoms with Gasteiger partial charge >= 0.3 is 0 Å². The molecule has 0 bridgehead atoms. The number of amides is 1. The van der Waals surface area contributed by atoms with Crippen molar-refractivity contribution >= 4 is 51.4 Å². The minimum atomic E-state index is -0.208. The summed E-state index contributed by atoms with van der Waals surface area (Å²) in [4.78, 5) is 25.5. The predicted molar refractivity (Wildman–Crippen MR) is 147 cm³/mol. The summed E-state index contributed by atoms with van der Waals surface area (Å²) in [7, 11) is 0. The highest BCUT2D eigenvalue weighted by atomic mass is 32.1. The van der Waals surface area contributed by atoms with Crippen LogP contribution in [0.5, 0.6) is 0 Å². The normalized spacial score (nSPS) is 14.6. The van der Waals surface area contributed by atoms with Gasteiger partial charge in [0.25, 0.3) is 5.91 Å². The topological polar surface area (TPSA) is 68.7 Å². The van der Waals surface area contributed by atoms with E-state index >= 15 is 0 Å². The van der Waals surface area contributed by atoms with Crippen LogP contribution in [0.25, 0.3) is 27.6 Å². The molecule has 1 fully saturated rings. The van der Waals surface area contributed by atoms with Crippen molar-refractivity contribution in [3.05, 3.63) is 82.9 Å². The Balaban J connectivity index is 1.05. The fraction of sp³-hybridized carbons (Fsp3) is 0.250. The Labute approximate surface area is 218 Å². The molecule has 1 aliphatic heterocycles. The molecule has 0 atom stereocenters. The van der Waals surface area contributed by atoms with Crippen molar-refractivity contribution < 1.29 is 9.18 Å². The van der Waals surface area contributed by atoms with E-state index in [-0.39, 0.29) is 11.7 Å². The second-order valence-electron chi connectivity index (χ2n) is 9.36. The zero-order chi connectivity index (χ0) is 25.4. The molecule has 0 spiro atoms. The molecule has 1 saturated heterocycles. The van der Waals surface area contributed by atoms with E-state index in [9.17, 15) is 9.18 Å². The number of hydrogen-bond donors (Lipinski definition) is 2. The van der Waals surface area contributed by atoms with Crippen LogP contribution in [0.3, 0.4) is 0 Å². The first-order chi connectivity index (χ1) is 18.1. The molecule has 6 rings (SSSR count). The highest BCUT2D eigenvalue weighted by Crippen LogP contribution is 2.24. The van der Waals surface area contributed by atoms with Crippen molar-refractivity contribution in [1.29, 1.82) is 0 Å². The van der Waals surface area contributed by atoms with Gasteiger partial charge in [-0.05, 0) is 79.8 Å². The van der Waals surface area contributed by atoms with Crippen LogP contribution in [0.2, 0.25) is 0 Å². The molecule has 1 aliphatic rings. The monoisotopic (exact) mass is 514 g/mol. The van der Waals surface area contributed by atoms with Crippen molar-refractivity contribution in [2.75, 3.05) is 44.2 Å². The highest BCUT2D eigenvalue weighted by Gasteiger charge is 2.17. The van der Waals surface area contributed by atoms with Crippen molar-refractivity contribution in [3.63, 3.8) is 0 Å². The third-order valence-electron chi connectivity index (χ3n) is 7.03. The Morgan fingerprint density at radius 1 is 1.03 bits per heavy atom. The van der Waals surface area contributed by atoms with E-state index in [1.165, 1.54) is 12.1 Å². The number of nitrogens with one attached hydrogen (secondary N) is 2. The number of imidazole rings is 1. The largest absolute Gasteiger partial charge is 0.369 e. The van der Waals surface area contributed by atoms with Crippen LogP contribution < -0.4 is 10.2 Å². The van der Waals surface area contributed by atoms with Gasteiger partial charge < -0.3 is 15.2 Å². The van der Waals surface area contributed by atoms with E-state index in [0.717, 1.165) is 72.4 Å². The molecule has 37 heavy (non-hydrogen) atoms. The molecular weight excluding hydrogens is 487 g/mol. The summed E-state index contributed by atoms with van der Waals surface area (Å²) in [5, 5.41) is 3.96. The standard InChI is InChI=1S/C28H27FN6OS/c29-20-7-9-21(10-8-20)34-16-14-33(15-17-34)13-3-12-30-27(36)19-6-11-22-24(18-19)32-28(37)35-25-5-2-1-4-23(25)31-26(22)35/h1-2,4-11,18H,3,12-17H2,(H,30,36)(H,32,37). The number of carbonyl (C=O) groups is 1. The van der Waals surface area contributed by atoms with Crippen LogP contribution in [0, 0.1) is 10.6 Å². The SMILES string of the molecule is O=C(NCCCN1CCN(c2ccc(F)cc2)CC1)c1ccc2c(c1)[nH]c(=S)n1c3ccccc3nc21. The molecule has 5 aromatic rings. The fourth-order valence-corrected chi connectivity index (χ4v) is 5.35. The number of halogens is 1. The number of aromatic amines is 1. The number of hydrogen-bond acceptors (Lipinski definition) is 5. The minimum absolute atomic E-state index is 0.101. The van der Waals surface area contributed by atoms with Crippen LogP contribution in [0.15, 0.2) is 66.7 Å². The van der Waals surface area contributed by atoms with Crippen molar-refractivity contribution in [3.8, 4) is 0 Å². The molecule has 0 saturated carbocycles. The maximum atomic E-state index is 13.2. The summed E-state index contributed by atoms with van der Waals surface area (Å²) in [5.41, 5.74) is 5.07. The van der Waals surface area contributed by atoms with Crippen LogP contribution >= 0.6 is 12.2 Å². The van der Waals surface area contributed by atoms with Gasteiger partial charge in [0.2, 0.25) is 0 Å². The van der Waals surface area contributed by atoms with Crippen molar-refractivity contribution in [1.82, 2.24) is 24.6 Å². The van der Waals surface area contributed by atoms with Gasteiger partial charge in [-0.1, -0.05) is 12.1 Å². The van der Waals surface area contributed by atoms with Crippen LogP contribution in [0.4, 0.5) is 10.1 Å². The third-order valence-corrected chi connectivity index (χ3v) is 7.31. The molecule has 0 aliphatic carbocycles. The first-order valence-corrected chi connectivity index (χ1v) is 12.9. The van der Waals surface area contributed by atoms with E-state index in [1.807, 2.05) is 59.0 Å². The lowest BCUT2D eigenvalue weighted by molar-refractivity contribution is 0.0951. The average molecular weight is 515 g/mol. The molecular formula is C28H27FN6OS. The lowest BCUT2D eigenvalue weighted by Crippen LogP contribution is -2.47. The van der Waals surface area contributed by atoms with Gasteiger partial charge in [-0.15, -0.1) is 0 Å². The number of nitrogens with zero attached hydrogens (tertiary/aromatic N) is 4. The van der Waals surface area contributed by atoms with Gasteiger partial charge in [-0.2, -0.15) is 0 Å². The maximum Gasteiger partial charge on any atom is 0.251 e. The molecule has 0 unspecified atom stereocenters. The second kappa shape index (κ2) is 9.91. The van der Waals surface area contributed by atoms with Gasteiger partial charge in [-0.3, -0.25) is 14.1 Å². The molecule has 2 aromatic heterocycles. The maximum absolute atomic E-state index is 13.2. The fourth-order valence-electron chi connectivity index (χ4n) is 5.06. The number of piperazine rings is 1. The van der Waals surface area contributed by atoms with Crippen LogP contribution in [0.1, 0.15) is 16.8 Å². The Bertz CT molecular complexity index is 1650. The number of H-pyrrole nitrogens is 1. The Morgan fingerprint density at radius 2 is 1.81 bits per heavy atom. The number of anilines is 1. The number of carbonyl (C=O) groups excluding carboxylic acids is 1. The molecule has 9 heteroatoms. The molecule has 7 nitrogen and oxygen atoms in total. The molecule has 0 radical (unpaired) electrons. The Hall–Kier alpha value is -3.82. The molecule has 3 heterocycles. The van der Waals surface area contributed by atoms with Crippen molar-refractivity contribution in [2.45, 2.75) is 6.42 Å². The third kappa shape index (κ3) is 4.68. The quantitative estimate of drug-likeness (QED) is 0.252.